The fraction of sp³-hybridized carbons (Fsp3) is 0.409. The highest BCUT2D eigenvalue weighted by Crippen LogP contribution is 2.84. The Morgan fingerprint density at radius 2 is 1.88 bits per heavy atom. The molecule has 1 spiro atoms. The summed E-state index contributed by atoms with van der Waals surface area (Å²) in [6.07, 6.45) is 6.13. The molecule has 0 bridgehead atoms. The van der Waals surface area contributed by atoms with Crippen molar-refractivity contribution >= 4 is 11.0 Å². The summed E-state index contributed by atoms with van der Waals surface area (Å²) in [5, 5.41) is 5.27. The monoisotopic (exact) mass is 327 g/mol. The number of benzene rings is 1. The minimum atomic E-state index is 0.102. The van der Waals surface area contributed by atoms with Crippen LogP contribution in [-0.2, 0) is 5.66 Å². The van der Waals surface area contributed by atoms with Gasteiger partial charge in [0.15, 0.2) is 0 Å². The molecule has 25 heavy (non-hydrogen) atoms. The first-order chi connectivity index (χ1) is 12.3. The van der Waals surface area contributed by atoms with Crippen molar-refractivity contribution < 1.29 is 0 Å². The molecule has 2 aromatic heterocycles. The van der Waals surface area contributed by atoms with Crippen molar-refractivity contribution in [3.05, 3.63) is 54.7 Å². The Balaban J connectivity index is 1.54. The molecule has 1 aliphatic heterocycles. The molecule has 124 valence electrons. The van der Waals surface area contributed by atoms with E-state index >= 15 is 0 Å². The Morgan fingerprint density at radius 1 is 1.00 bits per heavy atom. The summed E-state index contributed by atoms with van der Waals surface area (Å²) < 4.78 is 2.60. The van der Waals surface area contributed by atoms with Crippen molar-refractivity contribution in [2.45, 2.75) is 24.9 Å². The lowest BCUT2D eigenvalue weighted by Crippen LogP contribution is -2.80. The van der Waals surface area contributed by atoms with Crippen LogP contribution in [0.3, 0.4) is 0 Å². The van der Waals surface area contributed by atoms with Crippen molar-refractivity contribution in [2.24, 2.45) is 23.2 Å². The van der Waals surface area contributed by atoms with Crippen molar-refractivity contribution in [1.82, 2.24) is 14.9 Å². The Kier molecular flexibility index (Phi) is 2.09. The highest BCUT2D eigenvalue weighted by Gasteiger charge is 2.85. The molecule has 5 unspecified atom stereocenters. The molecule has 0 radical (unpaired) electrons. The maximum absolute atomic E-state index is 4.83. The van der Waals surface area contributed by atoms with E-state index in [9.17, 15) is 0 Å². The number of hydrogen-bond donors (Lipinski definition) is 1. The third-order valence-electron chi connectivity index (χ3n) is 8.08. The summed E-state index contributed by atoms with van der Waals surface area (Å²) in [4.78, 5) is 4.83. The zero-order valence-corrected chi connectivity index (χ0v) is 14.2. The summed E-state index contributed by atoms with van der Waals surface area (Å²) in [6, 6.07) is 17.5. The van der Waals surface area contributed by atoms with Gasteiger partial charge in [-0.05, 0) is 60.8 Å². The first kappa shape index (κ1) is 13.1. The van der Waals surface area contributed by atoms with E-state index in [0.29, 0.717) is 5.41 Å². The third-order valence-corrected chi connectivity index (χ3v) is 8.08. The second-order valence-corrected chi connectivity index (χ2v) is 8.59. The van der Waals surface area contributed by atoms with Crippen LogP contribution in [0.5, 0.6) is 0 Å². The molecule has 3 aliphatic carbocycles. The fourth-order valence-corrected chi connectivity index (χ4v) is 7.29. The van der Waals surface area contributed by atoms with E-state index in [1.807, 2.05) is 6.20 Å². The van der Waals surface area contributed by atoms with Crippen LogP contribution in [0.4, 0.5) is 0 Å². The smallest absolute Gasteiger partial charge is 0.141 e. The first-order valence-electron chi connectivity index (χ1n) is 9.62. The number of pyridine rings is 1. The lowest BCUT2D eigenvalue weighted by molar-refractivity contribution is -0.316. The van der Waals surface area contributed by atoms with Gasteiger partial charge in [0, 0.05) is 23.5 Å². The Bertz CT molecular complexity index is 1010. The number of nitrogens with zero attached hydrogens (tertiary/aromatic N) is 2. The predicted octanol–water partition coefficient (Wildman–Crippen LogP) is 4.01. The third kappa shape index (κ3) is 1.20. The van der Waals surface area contributed by atoms with Crippen LogP contribution in [0.2, 0.25) is 0 Å². The quantitative estimate of drug-likeness (QED) is 0.771. The summed E-state index contributed by atoms with van der Waals surface area (Å²) in [5.74, 6) is 2.77. The summed E-state index contributed by atoms with van der Waals surface area (Å²) in [5.41, 5.74) is 4.41. The van der Waals surface area contributed by atoms with Crippen LogP contribution in [0.15, 0.2) is 54.7 Å². The standard InChI is InChI=1S/C22H21N3/c1-2-5-14(6-3-1)19-9-15-7-4-8-23-20(15)25(19)21-12-17-10-16-11-18(13-24-21)22(16,17)21/h1-9,16-18,24H,10-13H2. The highest BCUT2D eigenvalue weighted by atomic mass is 15.4. The molecule has 0 amide bonds. The maximum atomic E-state index is 4.83. The number of rotatable bonds is 2. The van der Waals surface area contributed by atoms with E-state index in [1.54, 1.807) is 0 Å². The number of nitrogens with one attached hydrogen (secondary N) is 1. The second kappa shape index (κ2) is 3.99. The molecular weight excluding hydrogens is 306 g/mol. The minimum Gasteiger partial charge on any atom is -0.306 e. The van der Waals surface area contributed by atoms with Crippen molar-refractivity contribution in [2.75, 3.05) is 6.54 Å². The molecule has 3 heterocycles. The molecule has 3 heteroatoms. The summed E-state index contributed by atoms with van der Waals surface area (Å²) >= 11 is 0. The molecule has 7 rings (SSSR count). The normalized spacial score (nSPS) is 39.9. The average molecular weight is 327 g/mol. The second-order valence-electron chi connectivity index (χ2n) is 8.59. The zero-order valence-electron chi connectivity index (χ0n) is 14.2. The SMILES string of the molecule is c1ccc(-c2cc3cccnc3n2C23CC4CC5CC(CN2)C543)cc1. The largest absolute Gasteiger partial charge is 0.306 e. The van der Waals surface area contributed by atoms with Crippen LogP contribution < -0.4 is 5.32 Å². The number of fused-ring (bicyclic) bond motifs is 1. The van der Waals surface area contributed by atoms with Gasteiger partial charge in [-0.1, -0.05) is 30.3 Å². The van der Waals surface area contributed by atoms with Crippen molar-refractivity contribution in [3.63, 3.8) is 0 Å². The van der Waals surface area contributed by atoms with E-state index < -0.39 is 0 Å². The van der Waals surface area contributed by atoms with Gasteiger partial charge >= 0.3 is 0 Å². The first-order valence-corrected chi connectivity index (χ1v) is 9.62. The molecule has 1 N–H and O–H groups in total. The topological polar surface area (TPSA) is 29.9 Å². The molecule has 4 fully saturated rings. The van der Waals surface area contributed by atoms with Crippen LogP contribution in [0.1, 0.15) is 19.3 Å². The molecule has 4 aliphatic rings. The number of hydrogen-bond acceptors (Lipinski definition) is 2. The Hall–Kier alpha value is -2.13. The van der Waals surface area contributed by atoms with E-state index in [-0.39, 0.29) is 5.66 Å². The van der Waals surface area contributed by atoms with E-state index in [4.69, 9.17) is 4.98 Å². The average Bonchev–Trinajstić information content (AvgIpc) is 3.16. The van der Waals surface area contributed by atoms with Gasteiger partial charge in [0.1, 0.15) is 11.3 Å². The maximum Gasteiger partial charge on any atom is 0.141 e. The summed E-state index contributed by atoms with van der Waals surface area (Å²) in [6.45, 7) is 1.19. The van der Waals surface area contributed by atoms with Gasteiger partial charge in [0.25, 0.3) is 0 Å². The minimum absolute atomic E-state index is 0.102. The molecule has 3 aromatic rings. The van der Waals surface area contributed by atoms with Crippen LogP contribution in [-0.4, -0.2) is 16.1 Å². The fourth-order valence-electron chi connectivity index (χ4n) is 7.29. The van der Waals surface area contributed by atoms with Crippen LogP contribution >= 0.6 is 0 Å². The van der Waals surface area contributed by atoms with Gasteiger partial charge in [-0.2, -0.15) is 0 Å². The molecule has 5 atom stereocenters. The molecule has 3 saturated carbocycles. The van der Waals surface area contributed by atoms with E-state index in [1.165, 1.54) is 42.5 Å². The number of aromatic nitrogens is 2. The van der Waals surface area contributed by atoms with E-state index in [2.05, 4.69) is 58.4 Å². The predicted molar refractivity (Wildman–Crippen MR) is 97.9 cm³/mol. The van der Waals surface area contributed by atoms with Gasteiger partial charge in [-0.15, -0.1) is 0 Å². The van der Waals surface area contributed by atoms with Crippen LogP contribution in [0, 0.1) is 23.2 Å². The lowest BCUT2D eigenvalue weighted by Gasteiger charge is -2.79. The lowest BCUT2D eigenvalue weighted by atomic mass is 9.27. The Labute approximate surface area is 147 Å². The van der Waals surface area contributed by atoms with Crippen molar-refractivity contribution in [3.8, 4) is 11.3 Å². The molecular formula is C22H21N3. The van der Waals surface area contributed by atoms with Gasteiger partial charge < -0.3 is 4.57 Å². The van der Waals surface area contributed by atoms with Crippen molar-refractivity contribution in [1.29, 1.82) is 0 Å². The molecule has 3 nitrogen and oxygen atoms in total. The van der Waals surface area contributed by atoms with Gasteiger partial charge in [0.2, 0.25) is 0 Å². The van der Waals surface area contributed by atoms with E-state index in [0.717, 1.165) is 23.4 Å². The van der Waals surface area contributed by atoms with Gasteiger partial charge in [-0.3, -0.25) is 5.32 Å². The van der Waals surface area contributed by atoms with Gasteiger partial charge in [-0.25, -0.2) is 4.98 Å². The molecule has 1 saturated heterocycles. The molecule has 1 aromatic carbocycles. The van der Waals surface area contributed by atoms with Gasteiger partial charge in [0.05, 0.1) is 5.69 Å². The Morgan fingerprint density at radius 3 is 2.72 bits per heavy atom. The summed E-state index contributed by atoms with van der Waals surface area (Å²) in [7, 11) is 0. The van der Waals surface area contributed by atoms with Crippen LogP contribution in [0.25, 0.3) is 22.3 Å². The zero-order chi connectivity index (χ0) is 16.2. The highest BCUT2D eigenvalue weighted by molar-refractivity contribution is 5.85.